The molecule has 0 aromatic carbocycles. The molecule has 0 aliphatic rings. The molecule has 0 saturated carbocycles. The molecule has 1 heterocycles. The number of aromatic nitrogens is 1. The van der Waals surface area contributed by atoms with Gasteiger partial charge >= 0.3 is 6.36 Å². The predicted octanol–water partition coefficient (Wildman–Crippen LogP) is 2.79. The second kappa shape index (κ2) is 4.30. The molecule has 0 fully saturated rings. The Hall–Kier alpha value is -1.91. The summed E-state index contributed by atoms with van der Waals surface area (Å²) in [7, 11) is 0. The molecule has 1 rings (SSSR count). The van der Waals surface area contributed by atoms with Gasteiger partial charge in [-0.3, -0.25) is 0 Å². The van der Waals surface area contributed by atoms with Crippen LogP contribution in [0.25, 0.3) is 0 Å². The van der Waals surface area contributed by atoms with Gasteiger partial charge in [0.25, 0.3) is 6.43 Å². The first-order chi connectivity index (χ1) is 7.35. The summed E-state index contributed by atoms with van der Waals surface area (Å²) in [5, 5.41) is 8.41. The molecule has 1 aromatic heterocycles. The molecule has 0 aliphatic heterocycles. The first kappa shape index (κ1) is 12.2. The molecule has 0 radical (unpaired) electrons. The molecule has 3 nitrogen and oxygen atoms in total. The van der Waals surface area contributed by atoms with Crippen molar-refractivity contribution in [1.29, 1.82) is 5.26 Å². The van der Waals surface area contributed by atoms with Gasteiger partial charge in [-0.05, 0) is 6.07 Å². The van der Waals surface area contributed by atoms with Gasteiger partial charge in [0.15, 0.2) is 5.69 Å². The Balaban J connectivity index is 3.24. The monoisotopic (exact) mass is 238 g/mol. The summed E-state index contributed by atoms with van der Waals surface area (Å²) < 4.78 is 63.7. The van der Waals surface area contributed by atoms with Crippen LogP contribution in [0.4, 0.5) is 22.0 Å². The molecule has 8 heteroatoms. The number of pyridine rings is 1. The van der Waals surface area contributed by atoms with E-state index in [0.717, 1.165) is 6.20 Å². The van der Waals surface area contributed by atoms with E-state index in [1.807, 2.05) is 0 Å². The molecule has 86 valence electrons. The second-order valence-electron chi connectivity index (χ2n) is 2.53. The van der Waals surface area contributed by atoms with Gasteiger partial charge in [-0.25, -0.2) is 13.8 Å². The number of alkyl halides is 5. The van der Waals surface area contributed by atoms with Crippen LogP contribution in [0.1, 0.15) is 17.7 Å². The van der Waals surface area contributed by atoms with Crippen LogP contribution < -0.4 is 4.74 Å². The fraction of sp³-hybridized carbons (Fsp3) is 0.250. The van der Waals surface area contributed by atoms with Crippen LogP contribution in [-0.2, 0) is 0 Å². The lowest BCUT2D eigenvalue weighted by molar-refractivity contribution is -0.275. The number of ether oxygens (including phenoxy) is 1. The van der Waals surface area contributed by atoms with Crippen molar-refractivity contribution in [2.75, 3.05) is 0 Å². The minimum absolute atomic E-state index is 0.621. The third kappa shape index (κ3) is 2.79. The Morgan fingerprint density at radius 2 is 2.00 bits per heavy atom. The maximum absolute atomic E-state index is 12.4. The summed E-state index contributed by atoms with van der Waals surface area (Å²) in [6.07, 6.45) is -7.59. The van der Waals surface area contributed by atoms with Crippen LogP contribution in [0.5, 0.6) is 5.75 Å². The minimum Gasteiger partial charge on any atom is -0.405 e. The fourth-order valence-corrected chi connectivity index (χ4v) is 0.969. The quantitative estimate of drug-likeness (QED) is 0.744. The standard InChI is InChI=1S/C8H3F5N2O/c9-7(10)6-4(3-14)15-2-1-5(6)16-8(11,12)13/h1-2,7H. The van der Waals surface area contributed by atoms with Crippen LogP contribution in [0.15, 0.2) is 12.3 Å². The summed E-state index contributed by atoms with van der Waals surface area (Å²) in [6, 6.07) is 1.89. The third-order valence-corrected chi connectivity index (χ3v) is 1.50. The maximum atomic E-state index is 12.4. The topological polar surface area (TPSA) is 45.9 Å². The Morgan fingerprint density at radius 3 is 2.44 bits per heavy atom. The second-order valence-corrected chi connectivity index (χ2v) is 2.53. The molecule has 1 aromatic rings. The van der Waals surface area contributed by atoms with E-state index in [-0.39, 0.29) is 0 Å². The third-order valence-electron chi connectivity index (χ3n) is 1.50. The van der Waals surface area contributed by atoms with E-state index in [1.165, 1.54) is 6.07 Å². The largest absolute Gasteiger partial charge is 0.573 e. The highest BCUT2D eigenvalue weighted by Crippen LogP contribution is 2.33. The van der Waals surface area contributed by atoms with Gasteiger partial charge in [-0.1, -0.05) is 0 Å². The Kier molecular flexibility index (Phi) is 3.27. The molecule has 0 unspecified atom stereocenters. The number of nitrogens with zero attached hydrogens (tertiary/aromatic N) is 2. The van der Waals surface area contributed by atoms with Gasteiger partial charge in [-0.15, -0.1) is 13.2 Å². The maximum Gasteiger partial charge on any atom is 0.573 e. The lowest BCUT2D eigenvalue weighted by atomic mass is 10.2. The summed E-state index contributed by atoms with van der Waals surface area (Å²) in [6.45, 7) is 0. The van der Waals surface area contributed by atoms with Crippen LogP contribution in [-0.4, -0.2) is 11.3 Å². The zero-order valence-electron chi connectivity index (χ0n) is 7.42. The number of hydrogen-bond donors (Lipinski definition) is 0. The molecule has 0 N–H and O–H groups in total. The van der Waals surface area contributed by atoms with E-state index in [2.05, 4.69) is 9.72 Å². The van der Waals surface area contributed by atoms with E-state index in [1.54, 1.807) is 0 Å². The van der Waals surface area contributed by atoms with Crippen LogP contribution in [0.3, 0.4) is 0 Å². The number of halogens is 5. The molecule has 0 spiro atoms. The van der Waals surface area contributed by atoms with Crippen molar-refractivity contribution in [3.05, 3.63) is 23.5 Å². The Bertz CT molecular complexity index is 423. The van der Waals surface area contributed by atoms with Gasteiger partial charge in [0.1, 0.15) is 11.8 Å². The lowest BCUT2D eigenvalue weighted by Gasteiger charge is -2.12. The molecule has 0 bridgehead atoms. The van der Waals surface area contributed by atoms with E-state index in [4.69, 9.17) is 5.26 Å². The van der Waals surface area contributed by atoms with E-state index >= 15 is 0 Å². The van der Waals surface area contributed by atoms with Crippen LogP contribution in [0.2, 0.25) is 0 Å². The van der Waals surface area contributed by atoms with Gasteiger partial charge in [0.2, 0.25) is 0 Å². The zero-order chi connectivity index (χ0) is 12.3. The Labute approximate surface area is 86.1 Å². The van der Waals surface area contributed by atoms with Crippen molar-refractivity contribution in [1.82, 2.24) is 4.98 Å². The van der Waals surface area contributed by atoms with Crippen molar-refractivity contribution < 1.29 is 26.7 Å². The smallest absolute Gasteiger partial charge is 0.405 e. The number of hydrogen-bond acceptors (Lipinski definition) is 3. The number of nitriles is 1. The van der Waals surface area contributed by atoms with Crippen molar-refractivity contribution in [2.45, 2.75) is 12.8 Å². The normalized spacial score (nSPS) is 11.3. The van der Waals surface area contributed by atoms with Crippen molar-refractivity contribution in [2.24, 2.45) is 0 Å². The van der Waals surface area contributed by atoms with Gasteiger partial charge in [-0.2, -0.15) is 5.26 Å². The molecule has 0 atom stereocenters. The van der Waals surface area contributed by atoms with Gasteiger partial charge in [0.05, 0.1) is 5.56 Å². The first-order valence-electron chi connectivity index (χ1n) is 3.78. The fourth-order valence-electron chi connectivity index (χ4n) is 0.969. The minimum atomic E-state index is -5.10. The average molecular weight is 238 g/mol. The molecule has 0 amide bonds. The van der Waals surface area contributed by atoms with Gasteiger partial charge < -0.3 is 4.74 Å². The van der Waals surface area contributed by atoms with E-state index in [9.17, 15) is 22.0 Å². The van der Waals surface area contributed by atoms with E-state index < -0.39 is 29.8 Å². The molecule has 16 heavy (non-hydrogen) atoms. The SMILES string of the molecule is N#Cc1nccc(OC(F)(F)F)c1C(F)F. The highest BCUT2D eigenvalue weighted by Gasteiger charge is 2.34. The zero-order valence-corrected chi connectivity index (χ0v) is 7.42. The highest BCUT2D eigenvalue weighted by atomic mass is 19.4. The van der Waals surface area contributed by atoms with Crippen LogP contribution in [0, 0.1) is 11.3 Å². The highest BCUT2D eigenvalue weighted by molar-refractivity contribution is 5.42. The summed E-state index contributed by atoms with van der Waals surface area (Å²) >= 11 is 0. The molecular weight excluding hydrogens is 235 g/mol. The van der Waals surface area contributed by atoms with Crippen LogP contribution >= 0.6 is 0 Å². The van der Waals surface area contributed by atoms with Crippen molar-refractivity contribution in [3.63, 3.8) is 0 Å². The van der Waals surface area contributed by atoms with E-state index in [0.29, 0.717) is 6.07 Å². The summed E-state index contributed by atoms with van der Waals surface area (Å²) in [5.74, 6) is -1.12. The first-order valence-corrected chi connectivity index (χ1v) is 3.78. The molecule has 0 aliphatic carbocycles. The average Bonchev–Trinajstić information content (AvgIpc) is 2.14. The number of rotatable bonds is 2. The molecular formula is C8H3F5N2O. The summed E-state index contributed by atoms with van der Waals surface area (Å²) in [5.41, 5.74) is -1.96. The van der Waals surface area contributed by atoms with Crippen molar-refractivity contribution >= 4 is 0 Å². The van der Waals surface area contributed by atoms with Gasteiger partial charge in [0, 0.05) is 6.20 Å². The molecule has 0 saturated heterocycles. The predicted molar refractivity (Wildman–Crippen MR) is 40.6 cm³/mol. The van der Waals surface area contributed by atoms with Crippen molar-refractivity contribution in [3.8, 4) is 11.8 Å². The Morgan fingerprint density at radius 1 is 1.38 bits per heavy atom. The lowest BCUT2D eigenvalue weighted by Crippen LogP contribution is -2.18. The summed E-state index contributed by atoms with van der Waals surface area (Å²) in [4.78, 5) is 3.22.